The molecule has 4 aromatic carbocycles. The van der Waals surface area contributed by atoms with Gasteiger partial charge in [0.15, 0.2) is 0 Å². The fourth-order valence-electron chi connectivity index (χ4n) is 5.68. The lowest BCUT2D eigenvalue weighted by Gasteiger charge is -2.34. The highest BCUT2D eigenvalue weighted by Crippen LogP contribution is 2.27. The van der Waals surface area contributed by atoms with Crippen molar-refractivity contribution in [3.05, 3.63) is 130 Å². The number of aryl methyl sites for hydroxylation is 1. The molecule has 0 heterocycles. The second-order valence-electron chi connectivity index (χ2n) is 11.6. The van der Waals surface area contributed by atoms with Crippen molar-refractivity contribution in [1.82, 2.24) is 10.2 Å². The van der Waals surface area contributed by atoms with Crippen LogP contribution in [0, 0.1) is 6.92 Å². The Kier molecular flexibility index (Phi) is 11.0. The average molecular weight is 679 g/mol. The van der Waals surface area contributed by atoms with Crippen LogP contribution in [0.5, 0.6) is 0 Å². The van der Waals surface area contributed by atoms with Gasteiger partial charge in [-0.25, -0.2) is 8.42 Å². The van der Waals surface area contributed by atoms with Crippen LogP contribution in [0.15, 0.2) is 108 Å². The van der Waals surface area contributed by atoms with Crippen LogP contribution in [-0.4, -0.2) is 43.8 Å². The highest BCUT2D eigenvalue weighted by atomic mass is 35.5. The van der Waals surface area contributed by atoms with Gasteiger partial charge in [-0.05, 0) is 79.4 Å². The van der Waals surface area contributed by atoms with Crippen molar-refractivity contribution in [2.24, 2.45) is 0 Å². The number of benzene rings is 4. The van der Waals surface area contributed by atoms with E-state index in [1.165, 1.54) is 29.2 Å². The first kappa shape index (κ1) is 33.5. The summed E-state index contributed by atoms with van der Waals surface area (Å²) < 4.78 is 29.4. The zero-order valence-corrected chi connectivity index (χ0v) is 27.9. The van der Waals surface area contributed by atoms with E-state index < -0.39 is 28.5 Å². The molecule has 2 amide bonds. The van der Waals surface area contributed by atoms with Crippen LogP contribution in [-0.2, 0) is 32.6 Å². The van der Waals surface area contributed by atoms with Gasteiger partial charge in [-0.2, -0.15) is 0 Å². The molecule has 0 bridgehead atoms. The van der Waals surface area contributed by atoms with Crippen LogP contribution < -0.4 is 9.62 Å². The van der Waals surface area contributed by atoms with Crippen LogP contribution in [0.2, 0.25) is 10.0 Å². The minimum Gasteiger partial charge on any atom is -0.352 e. The number of hydrogen-bond donors (Lipinski definition) is 1. The second-order valence-corrected chi connectivity index (χ2v) is 14.4. The van der Waals surface area contributed by atoms with E-state index in [0.29, 0.717) is 15.7 Å². The first-order valence-electron chi connectivity index (χ1n) is 15.3. The number of hydrogen-bond acceptors (Lipinski definition) is 4. The lowest BCUT2D eigenvalue weighted by Crippen LogP contribution is -2.54. The lowest BCUT2D eigenvalue weighted by molar-refractivity contribution is -0.140. The molecule has 1 N–H and O–H groups in total. The molecule has 1 saturated carbocycles. The summed E-state index contributed by atoms with van der Waals surface area (Å²) in [6.07, 6.45) is 4.10. The summed E-state index contributed by atoms with van der Waals surface area (Å²) in [4.78, 5) is 30.1. The Morgan fingerprint density at radius 3 is 2.00 bits per heavy atom. The van der Waals surface area contributed by atoms with Crippen LogP contribution in [0.1, 0.15) is 42.4 Å². The third-order valence-corrected chi connectivity index (χ3v) is 10.5. The topological polar surface area (TPSA) is 86.8 Å². The highest BCUT2D eigenvalue weighted by molar-refractivity contribution is 7.92. The van der Waals surface area contributed by atoms with Gasteiger partial charge >= 0.3 is 0 Å². The molecule has 1 aliphatic carbocycles. The Morgan fingerprint density at radius 2 is 1.39 bits per heavy atom. The van der Waals surface area contributed by atoms with Crippen molar-refractivity contribution in [2.45, 2.75) is 62.6 Å². The summed E-state index contributed by atoms with van der Waals surface area (Å²) in [7, 11) is -4.21. The van der Waals surface area contributed by atoms with Gasteiger partial charge in [0.05, 0.1) is 10.6 Å². The van der Waals surface area contributed by atoms with Gasteiger partial charge in [0.2, 0.25) is 11.8 Å². The first-order valence-corrected chi connectivity index (χ1v) is 17.5. The maximum atomic E-state index is 14.6. The van der Waals surface area contributed by atoms with Crippen molar-refractivity contribution in [3.8, 4) is 0 Å². The molecule has 240 valence electrons. The second kappa shape index (κ2) is 15.2. The normalized spacial score (nSPS) is 14.1. The number of nitrogens with zero attached hydrogens (tertiary/aromatic N) is 2. The van der Waals surface area contributed by atoms with Crippen LogP contribution in [0.3, 0.4) is 0 Å². The molecule has 1 aliphatic rings. The van der Waals surface area contributed by atoms with Crippen molar-refractivity contribution in [1.29, 1.82) is 0 Å². The number of halogens is 2. The number of carbonyl (C=O) groups excluding carboxylic acids is 2. The summed E-state index contributed by atoms with van der Waals surface area (Å²) in [6.45, 7) is 1.45. The molecule has 10 heteroatoms. The van der Waals surface area contributed by atoms with E-state index in [1.807, 2.05) is 37.3 Å². The molecule has 0 spiro atoms. The van der Waals surface area contributed by atoms with Gasteiger partial charge in [0.25, 0.3) is 10.0 Å². The third kappa shape index (κ3) is 8.49. The van der Waals surface area contributed by atoms with E-state index in [9.17, 15) is 18.0 Å². The molecule has 4 aromatic rings. The molecule has 5 rings (SSSR count). The fraction of sp³-hybridized carbons (Fsp3) is 0.278. The third-order valence-electron chi connectivity index (χ3n) is 8.24. The van der Waals surface area contributed by atoms with Crippen LogP contribution in [0.4, 0.5) is 5.69 Å². The molecule has 7 nitrogen and oxygen atoms in total. The molecule has 1 fully saturated rings. The Hall–Kier alpha value is -3.85. The Bertz CT molecular complexity index is 1730. The van der Waals surface area contributed by atoms with Gasteiger partial charge in [-0.3, -0.25) is 13.9 Å². The van der Waals surface area contributed by atoms with Gasteiger partial charge in [0.1, 0.15) is 12.6 Å². The molecule has 0 aliphatic heterocycles. The molecule has 0 aromatic heterocycles. The van der Waals surface area contributed by atoms with E-state index in [4.69, 9.17) is 23.2 Å². The Balaban J connectivity index is 1.55. The lowest BCUT2D eigenvalue weighted by atomic mass is 10.0. The maximum Gasteiger partial charge on any atom is 0.264 e. The summed E-state index contributed by atoms with van der Waals surface area (Å²) in [5.74, 6) is -0.781. The summed E-state index contributed by atoms with van der Waals surface area (Å²) in [5, 5.41) is 4.12. The smallest absolute Gasteiger partial charge is 0.264 e. The largest absolute Gasteiger partial charge is 0.352 e. The molecule has 1 unspecified atom stereocenters. The monoisotopic (exact) mass is 677 g/mol. The minimum absolute atomic E-state index is 0.00524. The molecule has 0 radical (unpaired) electrons. The van der Waals surface area contributed by atoms with E-state index in [2.05, 4.69) is 5.32 Å². The predicted molar refractivity (Wildman–Crippen MR) is 183 cm³/mol. The number of rotatable bonds is 12. The van der Waals surface area contributed by atoms with Gasteiger partial charge in [0, 0.05) is 29.1 Å². The molecule has 0 saturated heterocycles. The van der Waals surface area contributed by atoms with Crippen molar-refractivity contribution >= 4 is 50.7 Å². The SMILES string of the molecule is Cc1ccc(N(CC(=O)N(Cc2ccc(Cl)cc2)C(Cc2ccccc2)C(=O)NC2CCCC2)S(=O)(=O)c2ccc(Cl)cc2)cc1. The Labute approximate surface area is 281 Å². The van der Waals surface area contributed by atoms with Crippen LogP contribution >= 0.6 is 23.2 Å². The zero-order chi connectivity index (χ0) is 32.7. The predicted octanol–water partition coefficient (Wildman–Crippen LogP) is 7.20. The van der Waals surface area contributed by atoms with Gasteiger partial charge < -0.3 is 10.2 Å². The van der Waals surface area contributed by atoms with Gasteiger partial charge in [-0.15, -0.1) is 0 Å². The van der Waals surface area contributed by atoms with Crippen LogP contribution in [0.25, 0.3) is 0 Å². The number of carbonyl (C=O) groups is 2. The van der Waals surface area contributed by atoms with Crippen molar-refractivity contribution < 1.29 is 18.0 Å². The summed E-state index contributed by atoms with van der Waals surface area (Å²) >= 11 is 12.2. The number of amides is 2. The number of sulfonamides is 1. The highest BCUT2D eigenvalue weighted by Gasteiger charge is 2.35. The van der Waals surface area contributed by atoms with E-state index in [0.717, 1.165) is 46.7 Å². The molecular formula is C36H37Cl2N3O4S. The zero-order valence-electron chi connectivity index (χ0n) is 25.6. The summed E-state index contributed by atoms with van der Waals surface area (Å²) in [5.41, 5.74) is 2.91. The van der Waals surface area contributed by atoms with Crippen molar-refractivity contribution in [2.75, 3.05) is 10.8 Å². The summed E-state index contributed by atoms with van der Waals surface area (Å²) in [6, 6.07) is 28.5. The van der Waals surface area contributed by atoms with E-state index in [-0.39, 0.29) is 29.8 Å². The average Bonchev–Trinajstić information content (AvgIpc) is 3.56. The quantitative estimate of drug-likeness (QED) is 0.172. The van der Waals surface area contributed by atoms with Crippen molar-refractivity contribution in [3.63, 3.8) is 0 Å². The Morgan fingerprint density at radius 1 is 0.804 bits per heavy atom. The maximum absolute atomic E-state index is 14.6. The molecular weight excluding hydrogens is 641 g/mol. The van der Waals surface area contributed by atoms with Gasteiger partial charge in [-0.1, -0.05) is 96.2 Å². The first-order chi connectivity index (χ1) is 22.1. The van der Waals surface area contributed by atoms with E-state index >= 15 is 0 Å². The van der Waals surface area contributed by atoms with E-state index in [1.54, 1.807) is 48.5 Å². The minimum atomic E-state index is -4.21. The fourth-order valence-corrected chi connectivity index (χ4v) is 7.35. The standard InChI is InChI=1S/C36H37Cl2N3O4S/c1-26-11-19-32(20-12-26)41(46(44,45)33-21-17-30(38)18-22-33)25-35(42)40(24-28-13-15-29(37)16-14-28)34(23-27-7-3-2-4-8-27)36(43)39-31-9-5-6-10-31/h2-4,7-8,11-22,31,34H,5-6,9-10,23-25H2,1H3,(H,39,43). The number of nitrogens with one attached hydrogen (secondary N) is 1. The molecule has 46 heavy (non-hydrogen) atoms. The molecule has 1 atom stereocenters. The number of anilines is 1.